The number of alkyl halides is 6. The first-order valence-corrected chi connectivity index (χ1v) is 4.64. The van der Waals surface area contributed by atoms with Gasteiger partial charge in [0.2, 0.25) is 0 Å². The van der Waals surface area contributed by atoms with Crippen LogP contribution in [0.5, 0.6) is 5.75 Å². The Kier molecular flexibility index (Phi) is 3.97. The molecule has 1 aromatic rings. The maximum Gasteiger partial charge on any atom is 0.460 e. The van der Waals surface area contributed by atoms with Crippen LogP contribution < -0.4 is 4.74 Å². The summed E-state index contributed by atoms with van der Waals surface area (Å²) in [5, 5.41) is 8.51. The lowest BCUT2D eigenvalue weighted by Crippen LogP contribution is -2.47. The van der Waals surface area contributed by atoms with Crippen LogP contribution in [-0.2, 0) is 0 Å². The van der Waals surface area contributed by atoms with Gasteiger partial charge >= 0.3 is 24.4 Å². The van der Waals surface area contributed by atoms with Gasteiger partial charge in [0.05, 0.1) is 5.56 Å². The van der Waals surface area contributed by atoms with Crippen LogP contribution in [0.15, 0.2) is 24.3 Å². The van der Waals surface area contributed by atoms with Gasteiger partial charge in [0.15, 0.2) is 0 Å². The molecule has 19 heavy (non-hydrogen) atoms. The largest absolute Gasteiger partial charge is 0.478 e. The Morgan fingerprint density at radius 3 is 1.95 bits per heavy atom. The van der Waals surface area contributed by atoms with Gasteiger partial charge in [-0.25, -0.2) is 4.79 Å². The van der Waals surface area contributed by atoms with Gasteiger partial charge in [0.25, 0.3) is 0 Å². The third-order valence-electron chi connectivity index (χ3n) is 2.00. The first kappa shape index (κ1) is 15.1. The second kappa shape index (κ2) is 4.98. The molecule has 0 spiro atoms. The standard InChI is InChI=1S/C10H6F6O3/c11-8(9(12,13)10(14,15)16)19-6-3-1-5(2-4-6)7(17)18/h1-4,8H,(H,17,18). The van der Waals surface area contributed by atoms with Crippen LogP contribution >= 0.6 is 0 Å². The average Bonchev–Trinajstić information content (AvgIpc) is 2.28. The van der Waals surface area contributed by atoms with Crippen LogP contribution in [0.25, 0.3) is 0 Å². The summed E-state index contributed by atoms with van der Waals surface area (Å²) in [7, 11) is 0. The number of benzene rings is 1. The Balaban J connectivity index is 2.83. The fraction of sp³-hybridized carbons (Fsp3) is 0.300. The maximum absolute atomic E-state index is 12.8. The van der Waals surface area contributed by atoms with Crippen LogP contribution in [0.3, 0.4) is 0 Å². The minimum atomic E-state index is -6.09. The fourth-order valence-electron chi connectivity index (χ4n) is 0.998. The summed E-state index contributed by atoms with van der Waals surface area (Å²) in [6.45, 7) is 0. The number of carboxylic acids is 1. The molecule has 1 rings (SSSR count). The van der Waals surface area contributed by atoms with Gasteiger partial charge in [0.1, 0.15) is 5.75 Å². The predicted octanol–water partition coefficient (Wildman–Crippen LogP) is 3.26. The molecule has 0 aromatic heterocycles. The van der Waals surface area contributed by atoms with E-state index in [1.54, 1.807) is 0 Å². The van der Waals surface area contributed by atoms with Crippen molar-refractivity contribution in [3.05, 3.63) is 29.8 Å². The molecule has 9 heteroatoms. The molecule has 0 amide bonds. The lowest BCUT2D eigenvalue weighted by Gasteiger charge is -2.23. The van der Waals surface area contributed by atoms with Crippen molar-refractivity contribution in [2.45, 2.75) is 18.5 Å². The quantitative estimate of drug-likeness (QED) is 0.865. The molecule has 0 aliphatic heterocycles. The second-order valence-corrected chi connectivity index (χ2v) is 3.38. The molecule has 0 heterocycles. The van der Waals surface area contributed by atoms with Gasteiger partial charge in [0, 0.05) is 0 Å². The summed E-state index contributed by atoms with van der Waals surface area (Å²) in [6.07, 6.45) is -10.0. The summed E-state index contributed by atoms with van der Waals surface area (Å²) in [5.74, 6) is -7.66. The summed E-state index contributed by atoms with van der Waals surface area (Å²) in [6, 6.07) is 3.28. The van der Waals surface area contributed by atoms with Crippen molar-refractivity contribution in [3.8, 4) is 5.75 Å². The molecule has 1 aromatic carbocycles. The lowest BCUT2D eigenvalue weighted by atomic mass is 10.2. The Hall–Kier alpha value is -1.93. The van der Waals surface area contributed by atoms with Gasteiger partial charge in [-0.1, -0.05) is 0 Å². The highest BCUT2D eigenvalue weighted by Gasteiger charge is 2.65. The van der Waals surface area contributed by atoms with E-state index in [1.807, 2.05) is 0 Å². The van der Waals surface area contributed by atoms with E-state index in [4.69, 9.17) is 5.11 Å². The summed E-state index contributed by atoms with van der Waals surface area (Å²) < 4.78 is 77.0. The second-order valence-electron chi connectivity index (χ2n) is 3.38. The number of rotatable bonds is 4. The number of hydrogen-bond acceptors (Lipinski definition) is 2. The van der Waals surface area contributed by atoms with Crippen LogP contribution in [0, 0.1) is 0 Å². The zero-order chi connectivity index (χ0) is 14.8. The summed E-state index contributed by atoms with van der Waals surface area (Å²) in [5.41, 5.74) is -0.259. The Morgan fingerprint density at radius 1 is 1.11 bits per heavy atom. The third kappa shape index (κ3) is 3.30. The highest BCUT2D eigenvalue weighted by atomic mass is 19.4. The molecule has 0 aliphatic carbocycles. The highest BCUT2D eigenvalue weighted by Crippen LogP contribution is 2.40. The van der Waals surface area contributed by atoms with Crippen molar-refractivity contribution in [3.63, 3.8) is 0 Å². The van der Waals surface area contributed by atoms with Crippen molar-refractivity contribution in [2.24, 2.45) is 0 Å². The zero-order valence-corrected chi connectivity index (χ0v) is 8.92. The fourth-order valence-corrected chi connectivity index (χ4v) is 0.998. The van der Waals surface area contributed by atoms with E-state index in [1.165, 1.54) is 0 Å². The van der Waals surface area contributed by atoms with Gasteiger partial charge in [-0.2, -0.15) is 26.3 Å². The molecule has 0 bridgehead atoms. The van der Waals surface area contributed by atoms with Crippen molar-refractivity contribution in [2.75, 3.05) is 0 Å². The minimum absolute atomic E-state index is 0.259. The molecule has 0 radical (unpaired) electrons. The first-order valence-electron chi connectivity index (χ1n) is 4.64. The summed E-state index contributed by atoms with van der Waals surface area (Å²) >= 11 is 0. The number of ether oxygens (including phenoxy) is 1. The number of aromatic carboxylic acids is 1. The van der Waals surface area contributed by atoms with Crippen molar-refractivity contribution in [1.82, 2.24) is 0 Å². The van der Waals surface area contributed by atoms with Crippen LogP contribution in [0.1, 0.15) is 10.4 Å². The third-order valence-corrected chi connectivity index (χ3v) is 2.00. The monoisotopic (exact) mass is 288 g/mol. The molecule has 0 saturated carbocycles. The highest BCUT2D eigenvalue weighted by molar-refractivity contribution is 5.87. The first-order chi connectivity index (χ1) is 8.55. The Morgan fingerprint density at radius 2 is 1.58 bits per heavy atom. The Bertz CT molecular complexity index is 453. The van der Waals surface area contributed by atoms with Crippen molar-refractivity contribution < 1.29 is 41.0 Å². The van der Waals surface area contributed by atoms with E-state index in [0.717, 1.165) is 24.3 Å². The van der Waals surface area contributed by atoms with Gasteiger partial charge in [-0.15, -0.1) is 0 Å². The molecule has 0 fully saturated rings. The van der Waals surface area contributed by atoms with E-state index in [2.05, 4.69) is 4.74 Å². The lowest BCUT2D eigenvalue weighted by molar-refractivity contribution is -0.328. The maximum atomic E-state index is 12.8. The molecule has 106 valence electrons. The van der Waals surface area contributed by atoms with Crippen LogP contribution in [-0.4, -0.2) is 29.5 Å². The van der Waals surface area contributed by atoms with E-state index < -0.39 is 30.2 Å². The SMILES string of the molecule is O=C(O)c1ccc(OC(F)C(F)(F)C(F)(F)F)cc1. The minimum Gasteiger partial charge on any atom is -0.478 e. The molecular formula is C10H6F6O3. The van der Waals surface area contributed by atoms with E-state index >= 15 is 0 Å². The zero-order valence-electron chi connectivity index (χ0n) is 8.92. The van der Waals surface area contributed by atoms with Crippen LogP contribution in [0.4, 0.5) is 26.3 Å². The smallest absolute Gasteiger partial charge is 0.460 e. The molecular weight excluding hydrogens is 282 g/mol. The number of halogens is 6. The van der Waals surface area contributed by atoms with Gasteiger partial charge < -0.3 is 9.84 Å². The van der Waals surface area contributed by atoms with Crippen molar-refractivity contribution in [1.29, 1.82) is 0 Å². The number of carboxylic acid groups (broad SMARTS) is 1. The normalized spacial score (nSPS) is 14.0. The van der Waals surface area contributed by atoms with Crippen LogP contribution in [0.2, 0.25) is 0 Å². The molecule has 1 unspecified atom stereocenters. The topological polar surface area (TPSA) is 46.5 Å². The van der Waals surface area contributed by atoms with Gasteiger partial charge in [-0.05, 0) is 24.3 Å². The average molecular weight is 288 g/mol. The molecule has 1 atom stereocenters. The molecule has 1 N–H and O–H groups in total. The molecule has 0 saturated heterocycles. The molecule has 3 nitrogen and oxygen atoms in total. The van der Waals surface area contributed by atoms with Crippen molar-refractivity contribution >= 4 is 5.97 Å². The van der Waals surface area contributed by atoms with Gasteiger partial charge in [-0.3, -0.25) is 0 Å². The van der Waals surface area contributed by atoms with E-state index in [0.29, 0.717) is 0 Å². The number of hydrogen-bond donors (Lipinski definition) is 1. The molecule has 0 aliphatic rings. The van der Waals surface area contributed by atoms with E-state index in [9.17, 15) is 31.1 Å². The number of carbonyl (C=O) groups is 1. The summed E-state index contributed by atoms with van der Waals surface area (Å²) in [4.78, 5) is 10.4. The van der Waals surface area contributed by atoms with E-state index in [-0.39, 0.29) is 5.56 Å². The Labute approximate surface area is 102 Å². The predicted molar refractivity (Wildman–Crippen MR) is 49.9 cm³/mol.